The Labute approximate surface area is 213 Å². The standard InChI is InChI=1S/C31H36N2O3/c1-18-15-29(2)22(21-7-5-6-19-17-32-13-10-20(19)21)8-9-26(29)31-12-11-30(36-31)16-25(33(3)4)28(35)27(34)24(30)14-23(18)31/h5-8,10,13-14,17,25-28,34-35H,9,11-12,15-16H2,1-4H3. The number of pyridine rings is 1. The fourth-order valence-electron chi connectivity index (χ4n) is 8.78. The molecule has 2 spiro atoms. The highest BCUT2D eigenvalue weighted by Crippen LogP contribution is 2.69. The molecule has 1 saturated carbocycles. The van der Waals surface area contributed by atoms with Gasteiger partial charge in [-0.15, -0.1) is 0 Å². The van der Waals surface area contributed by atoms with E-state index in [1.807, 2.05) is 31.4 Å². The first-order valence-corrected chi connectivity index (χ1v) is 13.4. The lowest BCUT2D eigenvalue weighted by molar-refractivity contribution is -0.162. The molecule has 0 amide bonds. The van der Waals surface area contributed by atoms with Gasteiger partial charge in [0.1, 0.15) is 6.10 Å². The number of fused-ring (bicyclic) bond motifs is 2. The van der Waals surface area contributed by atoms with E-state index in [2.05, 4.69) is 55.2 Å². The van der Waals surface area contributed by atoms with Crippen LogP contribution in [0.5, 0.6) is 0 Å². The second-order valence-corrected chi connectivity index (χ2v) is 12.4. The van der Waals surface area contributed by atoms with Gasteiger partial charge < -0.3 is 19.8 Å². The molecular weight excluding hydrogens is 448 g/mol. The highest BCUT2D eigenvalue weighted by molar-refractivity contribution is 5.95. The predicted molar refractivity (Wildman–Crippen MR) is 141 cm³/mol. The zero-order chi connectivity index (χ0) is 25.0. The van der Waals surface area contributed by atoms with Gasteiger partial charge in [0.05, 0.1) is 17.3 Å². The number of hydrogen-bond donors (Lipinski definition) is 2. The Kier molecular flexibility index (Phi) is 4.69. The topological polar surface area (TPSA) is 65.8 Å². The fourth-order valence-corrected chi connectivity index (χ4v) is 8.78. The molecule has 7 atom stereocenters. The first kappa shape index (κ1) is 22.9. The minimum Gasteiger partial charge on any atom is -0.388 e. The number of hydrogen-bond acceptors (Lipinski definition) is 5. The summed E-state index contributed by atoms with van der Waals surface area (Å²) in [5.74, 6) is 0.342. The van der Waals surface area contributed by atoms with Crippen molar-refractivity contribution in [3.63, 3.8) is 0 Å². The van der Waals surface area contributed by atoms with Gasteiger partial charge in [0, 0.05) is 35.2 Å². The van der Waals surface area contributed by atoms with Gasteiger partial charge >= 0.3 is 0 Å². The summed E-state index contributed by atoms with van der Waals surface area (Å²) in [5.41, 5.74) is 5.38. The number of aliphatic hydroxyl groups excluding tert-OH is 2. The third-order valence-corrected chi connectivity index (χ3v) is 10.4. The second-order valence-electron chi connectivity index (χ2n) is 12.4. The number of aromatic nitrogens is 1. The smallest absolute Gasteiger partial charge is 0.105 e. The van der Waals surface area contributed by atoms with E-state index in [0.717, 1.165) is 37.7 Å². The summed E-state index contributed by atoms with van der Waals surface area (Å²) in [6, 6.07) is 8.58. The van der Waals surface area contributed by atoms with Crippen LogP contribution in [-0.4, -0.2) is 63.6 Å². The van der Waals surface area contributed by atoms with Crippen molar-refractivity contribution in [2.45, 2.75) is 75.4 Å². The van der Waals surface area contributed by atoms with Crippen LogP contribution in [0.2, 0.25) is 0 Å². The third kappa shape index (κ3) is 2.72. The van der Waals surface area contributed by atoms with Gasteiger partial charge in [-0.05, 0) is 86.9 Å². The molecule has 36 heavy (non-hydrogen) atoms. The van der Waals surface area contributed by atoms with Gasteiger partial charge in [0.15, 0.2) is 0 Å². The Morgan fingerprint density at radius 3 is 2.78 bits per heavy atom. The molecule has 2 bridgehead atoms. The van der Waals surface area contributed by atoms with Crippen molar-refractivity contribution < 1.29 is 14.9 Å². The van der Waals surface area contributed by atoms with Crippen LogP contribution in [0.25, 0.3) is 16.3 Å². The molecule has 188 valence electrons. The average Bonchev–Trinajstić information content (AvgIpc) is 3.36. The van der Waals surface area contributed by atoms with Gasteiger partial charge in [-0.25, -0.2) is 0 Å². The molecule has 2 N–H and O–H groups in total. The summed E-state index contributed by atoms with van der Waals surface area (Å²) >= 11 is 0. The average molecular weight is 485 g/mol. The Morgan fingerprint density at radius 2 is 1.97 bits per heavy atom. The number of nitrogens with zero attached hydrogens (tertiary/aromatic N) is 2. The van der Waals surface area contributed by atoms with Crippen LogP contribution in [0.15, 0.2) is 65.5 Å². The molecule has 3 heterocycles. The normalized spacial score (nSPS) is 41.2. The highest BCUT2D eigenvalue weighted by atomic mass is 16.5. The van der Waals surface area contributed by atoms with Crippen molar-refractivity contribution >= 4 is 16.3 Å². The van der Waals surface area contributed by atoms with E-state index in [4.69, 9.17) is 4.74 Å². The van der Waals surface area contributed by atoms with Gasteiger partial charge in [-0.3, -0.25) is 4.98 Å². The van der Waals surface area contributed by atoms with Crippen molar-refractivity contribution in [3.8, 4) is 0 Å². The molecule has 7 unspecified atom stereocenters. The van der Waals surface area contributed by atoms with Gasteiger partial charge in [0.2, 0.25) is 0 Å². The van der Waals surface area contributed by atoms with Crippen molar-refractivity contribution in [1.29, 1.82) is 0 Å². The largest absolute Gasteiger partial charge is 0.388 e. The minimum absolute atomic E-state index is 0.0320. The van der Waals surface area contributed by atoms with Crippen LogP contribution in [-0.2, 0) is 4.74 Å². The minimum atomic E-state index is -0.891. The third-order valence-electron chi connectivity index (χ3n) is 10.4. The van der Waals surface area contributed by atoms with Crippen LogP contribution >= 0.6 is 0 Å². The molecule has 2 fully saturated rings. The monoisotopic (exact) mass is 484 g/mol. The van der Waals surface area contributed by atoms with Crippen molar-refractivity contribution in [2.24, 2.45) is 11.3 Å². The number of rotatable bonds is 2. The summed E-state index contributed by atoms with van der Waals surface area (Å²) in [7, 11) is 3.97. The van der Waals surface area contributed by atoms with Gasteiger partial charge in [-0.2, -0.15) is 0 Å². The first-order chi connectivity index (χ1) is 17.2. The number of likely N-dealkylation sites (N-methyl/N-ethyl adjacent to an activating group) is 1. The van der Waals surface area contributed by atoms with Crippen LogP contribution in [0, 0.1) is 11.3 Å². The Morgan fingerprint density at radius 1 is 1.14 bits per heavy atom. The van der Waals surface area contributed by atoms with Crippen molar-refractivity contribution in [1.82, 2.24) is 9.88 Å². The quantitative estimate of drug-likeness (QED) is 0.650. The molecule has 1 aromatic heterocycles. The van der Waals surface area contributed by atoms with Gasteiger partial charge in [-0.1, -0.05) is 42.8 Å². The summed E-state index contributed by atoms with van der Waals surface area (Å²) in [5, 5.41) is 24.6. The molecule has 5 nitrogen and oxygen atoms in total. The molecule has 7 rings (SSSR count). The number of allylic oxidation sites excluding steroid dienone is 3. The van der Waals surface area contributed by atoms with Crippen LogP contribution in [0.3, 0.4) is 0 Å². The zero-order valence-electron chi connectivity index (χ0n) is 21.7. The molecule has 2 aliphatic heterocycles. The maximum absolute atomic E-state index is 11.2. The van der Waals surface area contributed by atoms with Crippen molar-refractivity contribution in [3.05, 3.63) is 71.1 Å². The Bertz CT molecular complexity index is 1370. The molecule has 2 aromatic rings. The molecule has 1 saturated heterocycles. The molecule has 3 aliphatic carbocycles. The highest BCUT2D eigenvalue weighted by Gasteiger charge is 2.68. The Balaban J connectivity index is 1.36. The Hall–Kier alpha value is -2.31. The van der Waals surface area contributed by atoms with Crippen LogP contribution < -0.4 is 0 Å². The number of aliphatic hydroxyl groups is 2. The summed E-state index contributed by atoms with van der Waals surface area (Å²) in [6.07, 6.45) is 11.4. The lowest BCUT2D eigenvalue weighted by Crippen LogP contribution is -2.62. The molecule has 0 radical (unpaired) electrons. The molecule has 1 aromatic carbocycles. The van der Waals surface area contributed by atoms with Crippen molar-refractivity contribution in [2.75, 3.05) is 14.1 Å². The van der Waals surface area contributed by atoms with E-state index in [9.17, 15) is 10.2 Å². The van der Waals surface area contributed by atoms with E-state index in [1.54, 1.807) is 0 Å². The van der Waals surface area contributed by atoms with E-state index in [-0.39, 0.29) is 17.1 Å². The SMILES string of the molecule is CC1=C2C=C3C(O)C(O)C(N(C)C)CC34CCC2(O4)C2CC=C(c3cccc4cnccc34)C2(C)C1. The molecular formula is C31H36N2O3. The summed E-state index contributed by atoms with van der Waals surface area (Å²) < 4.78 is 7.33. The second kappa shape index (κ2) is 7.38. The van der Waals surface area contributed by atoms with Crippen LogP contribution in [0.1, 0.15) is 51.5 Å². The lowest BCUT2D eigenvalue weighted by Gasteiger charge is -2.56. The summed E-state index contributed by atoms with van der Waals surface area (Å²) in [6.45, 7) is 4.70. The maximum Gasteiger partial charge on any atom is 0.105 e. The zero-order valence-corrected chi connectivity index (χ0v) is 21.7. The lowest BCUT2D eigenvalue weighted by atomic mass is 9.56. The maximum atomic E-state index is 11.2. The molecule has 5 heteroatoms. The summed E-state index contributed by atoms with van der Waals surface area (Å²) in [4.78, 5) is 6.39. The predicted octanol–water partition coefficient (Wildman–Crippen LogP) is 4.65. The van der Waals surface area contributed by atoms with Gasteiger partial charge in [0.25, 0.3) is 0 Å². The van der Waals surface area contributed by atoms with E-state index < -0.39 is 17.8 Å². The van der Waals surface area contributed by atoms with E-state index >= 15 is 0 Å². The van der Waals surface area contributed by atoms with Crippen LogP contribution in [0.4, 0.5) is 0 Å². The fraction of sp³-hybridized carbons (Fsp3) is 0.516. The van der Waals surface area contributed by atoms with E-state index in [0.29, 0.717) is 5.92 Å². The molecule has 5 aliphatic rings. The first-order valence-electron chi connectivity index (χ1n) is 13.4. The number of benzene rings is 1. The number of ether oxygens (including phenoxy) is 1. The van der Waals surface area contributed by atoms with E-state index in [1.165, 1.54) is 33.1 Å².